The minimum absolute atomic E-state index is 0.0398. The molecule has 27 heavy (non-hydrogen) atoms. The number of carbonyl (C=O) groups excluding carboxylic acids is 2. The van der Waals surface area contributed by atoms with E-state index in [1.54, 1.807) is 12.1 Å². The number of aliphatic carboxylic acids is 1. The summed E-state index contributed by atoms with van der Waals surface area (Å²) in [6.07, 6.45) is 1.78. The van der Waals surface area contributed by atoms with Gasteiger partial charge in [-0.25, -0.2) is 9.18 Å². The molecule has 1 atom stereocenters. The van der Waals surface area contributed by atoms with E-state index < -0.39 is 23.2 Å². The average Bonchev–Trinajstić information content (AvgIpc) is 3.47. The van der Waals surface area contributed by atoms with Crippen molar-refractivity contribution in [1.29, 1.82) is 0 Å². The van der Waals surface area contributed by atoms with Gasteiger partial charge < -0.3 is 15.7 Å². The van der Waals surface area contributed by atoms with E-state index in [-0.39, 0.29) is 23.0 Å². The van der Waals surface area contributed by atoms with Gasteiger partial charge >= 0.3 is 5.97 Å². The molecule has 1 aliphatic carbocycles. The zero-order valence-corrected chi connectivity index (χ0v) is 14.7. The van der Waals surface area contributed by atoms with Crippen LogP contribution < -0.4 is 10.6 Å². The summed E-state index contributed by atoms with van der Waals surface area (Å²) in [5.41, 5.74) is -0.654. The molecule has 0 aliphatic heterocycles. The van der Waals surface area contributed by atoms with Gasteiger partial charge in [-0.15, -0.1) is 0 Å². The van der Waals surface area contributed by atoms with E-state index in [9.17, 15) is 23.9 Å². The van der Waals surface area contributed by atoms with Crippen LogP contribution in [0.25, 0.3) is 0 Å². The number of amides is 2. The number of nitrogens with one attached hydrogen (secondary N) is 2. The molecule has 3 rings (SSSR count). The smallest absolute Gasteiger partial charge is 0.333 e. The van der Waals surface area contributed by atoms with Gasteiger partial charge in [0, 0.05) is 17.2 Å². The zero-order chi connectivity index (χ0) is 19.6. The van der Waals surface area contributed by atoms with Crippen LogP contribution >= 0.6 is 0 Å². The first-order chi connectivity index (χ1) is 12.8. The number of hydrogen-bond acceptors (Lipinski definition) is 3. The Kier molecular flexibility index (Phi) is 4.94. The molecule has 1 unspecified atom stereocenters. The lowest BCUT2D eigenvalue weighted by Gasteiger charge is -2.27. The fourth-order valence-electron chi connectivity index (χ4n) is 2.63. The minimum atomic E-state index is -1.72. The van der Waals surface area contributed by atoms with Crippen molar-refractivity contribution in [3.05, 3.63) is 65.5 Å². The molecule has 3 N–H and O–H groups in total. The Hall–Kier alpha value is -3.22. The highest BCUT2D eigenvalue weighted by Crippen LogP contribution is 2.30. The number of halogens is 1. The molecule has 140 valence electrons. The van der Waals surface area contributed by atoms with Crippen molar-refractivity contribution in [2.24, 2.45) is 5.92 Å². The van der Waals surface area contributed by atoms with E-state index in [0.29, 0.717) is 5.69 Å². The molecule has 0 heterocycles. The van der Waals surface area contributed by atoms with Crippen molar-refractivity contribution >= 4 is 23.5 Å². The predicted molar refractivity (Wildman–Crippen MR) is 96.6 cm³/mol. The van der Waals surface area contributed by atoms with Crippen LogP contribution in [-0.4, -0.2) is 22.9 Å². The van der Waals surface area contributed by atoms with Crippen LogP contribution in [0.3, 0.4) is 0 Å². The summed E-state index contributed by atoms with van der Waals surface area (Å²) in [5.74, 6) is -2.33. The van der Waals surface area contributed by atoms with E-state index in [4.69, 9.17) is 0 Å². The monoisotopic (exact) mass is 370 g/mol. The summed E-state index contributed by atoms with van der Waals surface area (Å²) < 4.78 is 13.1. The fraction of sp³-hybridized carbons (Fsp3) is 0.250. The highest BCUT2D eigenvalue weighted by molar-refractivity contribution is 5.99. The summed E-state index contributed by atoms with van der Waals surface area (Å²) in [4.78, 5) is 36.0. The molecule has 2 aromatic rings. The van der Waals surface area contributed by atoms with Gasteiger partial charge in [0.2, 0.25) is 5.91 Å². The molecule has 0 aromatic heterocycles. The van der Waals surface area contributed by atoms with Crippen LogP contribution in [0.5, 0.6) is 0 Å². The second kappa shape index (κ2) is 7.19. The first kappa shape index (κ1) is 18.6. The van der Waals surface area contributed by atoms with Gasteiger partial charge in [0.05, 0.1) is 0 Å². The number of carboxylic acids is 1. The highest BCUT2D eigenvalue weighted by Gasteiger charge is 2.37. The Morgan fingerprint density at radius 2 is 1.63 bits per heavy atom. The van der Waals surface area contributed by atoms with Crippen LogP contribution in [0.2, 0.25) is 0 Å². The molecule has 1 fully saturated rings. The van der Waals surface area contributed by atoms with Gasteiger partial charge in [-0.05, 0) is 61.7 Å². The molecule has 0 radical (unpaired) electrons. The zero-order valence-electron chi connectivity index (χ0n) is 14.7. The summed E-state index contributed by atoms with van der Waals surface area (Å²) >= 11 is 0. The second-order valence-corrected chi connectivity index (χ2v) is 6.73. The topological polar surface area (TPSA) is 95.5 Å². The Morgan fingerprint density at radius 1 is 1.04 bits per heavy atom. The van der Waals surface area contributed by atoms with Gasteiger partial charge in [-0.3, -0.25) is 9.59 Å². The quantitative estimate of drug-likeness (QED) is 0.729. The summed E-state index contributed by atoms with van der Waals surface area (Å²) in [7, 11) is 0. The van der Waals surface area contributed by atoms with Crippen LogP contribution in [-0.2, 0) is 15.1 Å². The number of rotatable bonds is 6. The third-order valence-corrected chi connectivity index (χ3v) is 4.58. The maximum Gasteiger partial charge on any atom is 0.333 e. The van der Waals surface area contributed by atoms with E-state index in [0.717, 1.165) is 25.0 Å². The Labute approximate surface area is 155 Å². The van der Waals surface area contributed by atoms with Gasteiger partial charge in [-0.2, -0.15) is 0 Å². The van der Waals surface area contributed by atoms with Crippen LogP contribution in [0, 0.1) is 11.7 Å². The number of carboxylic acid groups (broad SMARTS) is 1. The Morgan fingerprint density at radius 3 is 2.15 bits per heavy atom. The Bertz CT molecular complexity index is 876. The van der Waals surface area contributed by atoms with Crippen molar-refractivity contribution in [3.63, 3.8) is 0 Å². The van der Waals surface area contributed by atoms with E-state index >= 15 is 0 Å². The molecular weight excluding hydrogens is 351 g/mol. The van der Waals surface area contributed by atoms with Crippen molar-refractivity contribution in [2.45, 2.75) is 25.3 Å². The number of benzene rings is 2. The molecule has 2 amide bonds. The maximum absolute atomic E-state index is 13.1. The highest BCUT2D eigenvalue weighted by atomic mass is 19.1. The molecule has 6 nitrogen and oxygen atoms in total. The summed E-state index contributed by atoms with van der Waals surface area (Å²) in [5, 5.41) is 14.8. The normalized spacial score (nSPS) is 15.5. The van der Waals surface area contributed by atoms with Gasteiger partial charge in [0.15, 0.2) is 5.54 Å². The van der Waals surface area contributed by atoms with Crippen LogP contribution in [0.4, 0.5) is 10.1 Å². The SMILES string of the molecule is CC(NC(=O)c1ccc(NC(=O)C2CC2)cc1)(C(=O)O)c1ccc(F)cc1. The second-order valence-electron chi connectivity index (χ2n) is 6.73. The largest absolute Gasteiger partial charge is 0.479 e. The van der Waals surface area contributed by atoms with E-state index in [2.05, 4.69) is 10.6 Å². The third kappa shape index (κ3) is 4.13. The Balaban J connectivity index is 1.74. The molecule has 2 aromatic carbocycles. The van der Waals surface area contributed by atoms with Crippen molar-refractivity contribution < 1.29 is 23.9 Å². The number of carbonyl (C=O) groups is 3. The molecular formula is C20H19FN2O4. The maximum atomic E-state index is 13.1. The van der Waals surface area contributed by atoms with Crippen LogP contribution in [0.1, 0.15) is 35.7 Å². The molecule has 1 aliphatic rings. The fourth-order valence-corrected chi connectivity index (χ4v) is 2.63. The van der Waals surface area contributed by atoms with Gasteiger partial charge in [0.1, 0.15) is 5.82 Å². The van der Waals surface area contributed by atoms with Crippen LogP contribution in [0.15, 0.2) is 48.5 Å². The summed E-state index contributed by atoms with van der Waals surface area (Å²) in [6.45, 7) is 1.34. The molecule has 0 saturated heterocycles. The first-order valence-corrected chi connectivity index (χ1v) is 8.52. The molecule has 7 heteroatoms. The molecule has 1 saturated carbocycles. The molecule has 0 spiro atoms. The van der Waals surface area contributed by atoms with Gasteiger partial charge in [-0.1, -0.05) is 12.1 Å². The predicted octanol–water partition coefficient (Wildman–Crippen LogP) is 2.90. The third-order valence-electron chi connectivity index (χ3n) is 4.58. The minimum Gasteiger partial charge on any atom is -0.479 e. The van der Waals surface area contributed by atoms with E-state index in [1.807, 2.05) is 0 Å². The first-order valence-electron chi connectivity index (χ1n) is 8.52. The van der Waals surface area contributed by atoms with Gasteiger partial charge in [0.25, 0.3) is 5.91 Å². The molecule has 0 bridgehead atoms. The standard InChI is InChI=1S/C20H19FN2O4/c1-20(19(26)27,14-6-8-15(21)9-7-14)23-18(25)13-4-10-16(11-5-13)22-17(24)12-2-3-12/h4-12H,2-3H2,1H3,(H,22,24)(H,23,25)(H,26,27). The number of hydrogen-bond donors (Lipinski definition) is 3. The van der Waals surface area contributed by atoms with E-state index in [1.165, 1.54) is 31.2 Å². The lowest BCUT2D eigenvalue weighted by molar-refractivity contribution is -0.144. The van der Waals surface area contributed by atoms with Crippen molar-refractivity contribution in [1.82, 2.24) is 5.32 Å². The number of anilines is 1. The van der Waals surface area contributed by atoms with Crippen molar-refractivity contribution in [3.8, 4) is 0 Å². The lowest BCUT2D eigenvalue weighted by atomic mass is 9.91. The summed E-state index contributed by atoms with van der Waals surface area (Å²) in [6, 6.07) is 11.1. The average molecular weight is 370 g/mol. The van der Waals surface area contributed by atoms with Crippen molar-refractivity contribution in [2.75, 3.05) is 5.32 Å². The lowest BCUT2D eigenvalue weighted by Crippen LogP contribution is -2.49.